The Kier molecular flexibility index (Phi) is 7.91. The molecule has 0 saturated heterocycles. The highest BCUT2D eigenvalue weighted by Gasteiger charge is 2.20. The zero-order chi connectivity index (χ0) is 22.9. The molecule has 0 saturated carbocycles. The number of hydrogen-bond acceptors (Lipinski definition) is 4. The summed E-state index contributed by atoms with van der Waals surface area (Å²) in [6.07, 6.45) is 6.37. The summed E-state index contributed by atoms with van der Waals surface area (Å²) in [6, 6.07) is 14.6. The van der Waals surface area contributed by atoms with Gasteiger partial charge in [-0.1, -0.05) is 55.8 Å². The molecule has 0 bridgehead atoms. The maximum atomic E-state index is 12.7. The molecule has 3 aromatic rings. The molecule has 32 heavy (non-hydrogen) atoms. The Morgan fingerprint density at radius 1 is 1.12 bits per heavy atom. The lowest BCUT2D eigenvalue weighted by molar-refractivity contribution is -0.140. The van der Waals surface area contributed by atoms with E-state index in [2.05, 4.69) is 22.4 Å². The molecule has 1 aromatic heterocycles. The third-order valence-corrected chi connectivity index (χ3v) is 5.18. The number of amides is 1. The maximum Gasteiger partial charge on any atom is 0.304 e. The molecule has 3 rings (SSSR count). The van der Waals surface area contributed by atoms with Crippen molar-refractivity contribution in [2.75, 3.05) is 5.32 Å². The Balaban J connectivity index is 1.75. The highest BCUT2D eigenvalue weighted by Crippen LogP contribution is 2.20. The van der Waals surface area contributed by atoms with Crippen molar-refractivity contribution in [2.45, 2.75) is 39.0 Å². The zero-order valence-corrected chi connectivity index (χ0v) is 18.0. The van der Waals surface area contributed by atoms with Crippen LogP contribution in [0.25, 0.3) is 10.8 Å². The first kappa shape index (κ1) is 22.9. The van der Waals surface area contributed by atoms with E-state index in [1.165, 1.54) is 0 Å². The minimum atomic E-state index is -1.00. The number of fused-ring (bicyclic) bond motifs is 1. The molecule has 3 N–H and O–H groups in total. The molecule has 0 aliphatic carbocycles. The van der Waals surface area contributed by atoms with Gasteiger partial charge in [0.05, 0.1) is 23.4 Å². The number of aromatic nitrogens is 2. The number of aromatic amines is 1. The lowest BCUT2D eigenvalue weighted by Crippen LogP contribution is -2.25. The van der Waals surface area contributed by atoms with E-state index in [-0.39, 0.29) is 17.9 Å². The number of aliphatic carboxylic acids is 1. The number of rotatable bonds is 10. The lowest BCUT2D eigenvalue weighted by Gasteiger charge is -2.14. The number of carboxylic acids is 1. The molecule has 0 fully saturated rings. The third kappa shape index (κ3) is 6.14. The smallest absolute Gasteiger partial charge is 0.304 e. The molecule has 7 heteroatoms. The van der Waals surface area contributed by atoms with Gasteiger partial charge in [-0.05, 0) is 36.6 Å². The summed E-state index contributed by atoms with van der Waals surface area (Å²) in [7, 11) is 0. The van der Waals surface area contributed by atoms with Gasteiger partial charge in [-0.3, -0.25) is 14.4 Å². The number of anilines is 1. The van der Waals surface area contributed by atoms with Crippen LogP contribution in [0.3, 0.4) is 0 Å². The van der Waals surface area contributed by atoms with Crippen molar-refractivity contribution in [3.05, 3.63) is 82.3 Å². The van der Waals surface area contributed by atoms with Gasteiger partial charge in [0.2, 0.25) is 5.91 Å². The highest BCUT2D eigenvalue weighted by molar-refractivity contribution is 5.94. The SMILES string of the molecule is CCC/C=C/CC(CC(=O)O)C(=O)Nc1cccc(Cc2n[nH]c(=O)c3ccccc23)c1. The van der Waals surface area contributed by atoms with Crippen LogP contribution in [0.1, 0.15) is 43.9 Å². The predicted octanol–water partition coefficient (Wildman–Crippen LogP) is 4.29. The Bertz CT molecular complexity index is 1180. The van der Waals surface area contributed by atoms with Gasteiger partial charge in [0.1, 0.15) is 0 Å². The average molecular weight is 434 g/mol. The van der Waals surface area contributed by atoms with E-state index in [9.17, 15) is 19.5 Å². The highest BCUT2D eigenvalue weighted by atomic mass is 16.4. The molecular formula is C25H27N3O4. The Labute approximate surface area is 186 Å². The molecule has 166 valence electrons. The Morgan fingerprint density at radius 3 is 2.66 bits per heavy atom. The largest absolute Gasteiger partial charge is 0.481 e. The second-order valence-corrected chi connectivity index (χ2v) is 7.70. The first-order chi connectivity index (χ1) is 15.5. The van der Waals surface area contributed by atoms with E-state index in [0.29, 0.717) is 23.9 Å². The molecule has 0 radical (unpaired) electrons. The summed E-state index contributed by atoms with van der Waals surface area (Å²) >= 11 is 0. The van der Waals surface area contributed by atoms with Crippen LogP contribution in [0.5, 0.6) is 0 Å². The minimum Gasteiger partial charge on any atom is -0.481 e. The van der Waals surface area contributed by atoms with E-state index >= 15 is 0 Å². The fourth-order valence-corrected chi connectivity index (χ4v) is 3.54. The summed E-state index contributed by atoms with van der Waals surface area (Å²) in [4.78, 5) is 35.9. The van der Waals surface area contributed by atoms with Gasteiger partial charge in [0.25, 0.3) is 5.56 Å². The van der Waals surface area contributed by atoms with Crippen molar-refractivity contribution in [2.24, 2.45) is 5.92 Å². The number of benzene rings is 2. The van der Waals surface area contributed by atoms with Crippen molar-refractivity contribution in [3.8, 4) is 0 Å². The molecular weight excluding hydrogens is 406 g/mol. The average Bonchev–Trinajstić information content (AvgIpc) is 2.78. The molecule has 7 nitrogen and oxygen atoms in total. The summed E-state index contributed by atoms with van der Waals surface area (Å²) in [5.74, 6) is -1.97. The number of carbonyl (C=O) groups excluding carboxylic acids is 1. The van der Waals surface area contributed by atoms with E-state index in [4.69, 9.17) is 0 Å². The van der Waals surface area contributed by atoms with Crippen molar-refractivity contribution in [3.63, 3.8) is 0 Å². The Hall–Kier alpha value is -3.74. The van der Waals surface area contributed by atoms with Crippen LogP contribution >= 0.6 is 0 Å². The summed E-state index contributed by atoms with van der Waals surface area (Å²) in [5, 5.41) is 20.1. The van der Waals surface area contributed by atoms with Crippen molar-refractivity contribution in [1.29, 1.82) is 0 Å². The fraction of sp³-hybridized carbons (Fsp3) is 0.280. The second-order valence-electron chi connectivity index (χ2n) is 7.70. The van der Waals surface area contributed by atoms with Crippen molar-refractivity contribution >= 4 is 28.3 Å². The lowest BCUT2D eigenvalue weighted by atomic mass is 9.99. The van der Waals surface area contributed by atoms with Crippen LogP contribution < -0.4 is 10.9 Å². The number of nitrogens with zero attached hydrogens (tertiary/aromatic N) is 1. The number of H-pyrrole nitrogens is 1. The normalized spacial score (nSPS) is 12.2. The van der Waals surface area contributed by atoms with Crippen LogP contribution in [-0.2, 0) is 16.0 Å². The topological polar surface area (TPSA) is 112 Å². The van der Waals surface area contributed by atoms with Crippen LogP contribution in [0.2, 0.25) is 0 Å². The van der Waals surface area contributed by atoms with Gasteiger partial charge in [0, 0.05) is 17.5 Å². The predicted molar refractivity (Wildman–Crippen MR) is 125 cm³/mol. The molecule has 2 aromatic carbocycles. The maximum absolute atomic E-state index is 12.7. The number of allylic oxidation sites excluding steroid dienone is 2. The molecule has 1 amide bonds. The van der Waals surface area contributed by atoms with Gasteiger partial charge in [0.15, 0.2) is 0 Å². The van der Waals surface area contributed by atoms with E-state index < -0.39 is 11.9 Å². The molecule has 1 heterocycles. The molecule has 1 atom stereocenters. The minimum absolute atomic E-state index is 0.227. The molecule has 1 unspecified atom stereocenters. The first-order valence-corrected chi connectivity index (χ1v) is 10.7. The van der Waals surface area contributed by atoms with Gasteiger partial charge >= 0.3 is 5.97 Å². The van der Waals surface area contributed by atoms with E-state index in [1.54, 1.807) is 12.1 Å². The monoisotopic (exact) mass is 433 g/mol. The number of carboxylic acid groups (broad SMARTS) is 1. The quantitative estimate of drug-likeness (QED) is 0.413. The van der Waals surface area contributed by atoms with Crippen LogP contribution in [-0.4, -0.2) is 27.2 Å². The van der Waals surface area contributed by atoms with Crippen LogP contribution in [0, 0.1) is 5.92 Å². The van der Waals surface area contributed by atoms with E-state index in [1.807, 2.05) is 48.6 Å². The summed E-state index contributed by atoms with van der Waals surface area (Å²) in [5.41, 5.74) is 2.00. The standard InChI is InChI=1S/C25H27N3O4/c1-2-3-4-5-10-18(16-23(29)30)24(31)26-19-11-8-9-17(14-19)15-22-20-12-6-7-13-21(20)25(32)28-27-22/h4-9,11-14,18H,2-3,10,15-16H2,1H3,(H,26,31)(H,28,32)(H,29,30)/b5-4+. The molecule has 0 aliphatic heterocycles. The summed E-state index contributed by atoms with van der Waals surface area (Å²) < 4.78 is 0. The van der Waals surface area contributed by atoms with Gasteiger partial charge < -0.3 is 10.4 Å². The number of carbonyl (C=O) groups is 2. The van der Waals surface area contributed by atoms with E-state index in [0.717, 1.165) is 29.5 Å². The zero-order valence-electron chi connectivity index (χ0n) is 18.0. The molecule has 0 aliphatic rings. The number of unbranched alkanes of at least 4 members (excludes halogenated alkanes) is 1. The van der Waals surface area contributed by atoms with Crippen molar-refractivity contribution < 1.29 is 14.7 Å². The van der Waals surface area contributed by atoms with Gasteiger partial charge in [-0.25, -0.2) is 5.10 Å². The second kappa shape index (κ2) is 11.0. The van der Waals surface area contributed by atoms with Gasteiger partial charge in [-0.2, -0.15) is 5.10 Å². The summed E-state index contributed by atoms with van der Waals surface area (Å²) in [6.45, 7) is 2.06. The third-order valence-electron chi connectivity index (χ3n) is 5.18. The molecule has 0 spiro atoms. The van der Waals surface area contributed by atoms with Crippen molar-refractivity contribution in [1.82, 2.24) is 10.2 Å². The fourth-order valence-electron chi connectivity index (χ4n) is 3.54. The number of nitrogens with one attached hydrogen (secondary N) is 2. The first-order valence-electron chi connectivity index (χ1n) is 10.7. The van der Waals surface area contributed by atoms with Crippen LogP contribution in [0.15, 0.2) is 65.5 Å². The number of hydrogen-bond donors (Lipinski definition) is 3. The Morgan fingerprint density at radius 2 is 1.91 bits per heavy atom. The van der Waals surface area contributed by atoms with Gasteiger partial charge in [-0.15, -0.1) is 0 Å². The van der Waals surface area contributed by atoms with Crippen LogP contribution in [0.4, 0.5) is 5.69 Å².